The predicted molar refractivity (Wildman–Crippen MR) is 81.0 cm³/mol. The fourth-order valence-corrected chi connectivity index (χ4v) is 3.06. The Labute approximate surface area is 125 Å². The van der Waals surface area contributed by atoms with Crippen LogP contribution in [0.1, 0.15) is 25.6 Å². The lowest BCUT2D eigenvalue weighted by molar-refractivity contribution is 0.360. The van der Waals surface area contributed by atoms with E-state index in [1.807, 2.05) is 18.2 Å². The molecule has 0 aliphatic rings. The molecule has 0 unspecified atom stereocenters. The van der Waals surface area contributed by atoms with E-state index in [0.717, 1.165) is 27.3 Å². The van der Waals surface area contributed by atoms with Crippen LogP contribution in [0.15, 0.2) is 32.1 Å². The number of halogens is 1. The maximum Gasteiger partial charge on any atom is 0.226 e. The fraction of sp³-hybridized carbons (Fsp3) is 0.385. The molecule has 1 aromatic carbocycles. The molecule has 0 atom stereocenters. The highest BCUT2D eigenvalue weighted by molar-refractivity contribution is 9.10. The monoisotopic (exact) mass is 341 g/mol. The van der Waals surface area contributed by atoms with Gasteiger partial charge in [-0.15, -0.1) is 11.8 Å². The third kappa shape index (κ3) is 4.24. The van der Waals surface area contributed by atoms with Gasteiger partial charge >= 0.3 is 0 Å². The number of hydrogen-bond donors (Lipinski definition) is 1. The Hall–Kier alpha value is -1.01. The summed E-state index contributed by atoms with van der Waals surface area (Å²) in [6.45, 7) is 4.26. The van der Waals surface area contributed by atoms with E-state index < -0.39 is 0 Å². The molecule has 19 heavy (non-hydrogen) atoms. The minimum absolute atomic E-state index is 0.521. The second-order valence-electron chi connectivity index (χ2n) is 4.68. The van der Waals surface area contributed by atoms with Crippen LogP contribution >= 0.6 is 27.7 Å². The topological polar surface area (TPSA) is 64.9 Å². The van der Waals surface area contributed by atoms with E-state index in [9.17, 15) is 0 Å². The van der Waals surface area contributed by atoms with Crippen molar-refractivity contribution < 1.29 is 4.52 Å². The van der Waals surface area contributed by atoms with Crippen molar-refractivity contribution in [3.8, 4) is 0 Å². The van der Waals surface area contributed by atoms with Gasteiger partial charge < -0.3 is 10.3 Å². The van der Waals surface area contributed by atoms with Crippen LogP contribution in [-0.4, -0.2) is 10.1 Å². The molecule has 2 rings (SSSR count). The molecule has 0 bridgehead atoms. The first-order chi connectivity index (χ1) is 9.04. The minimum Gasteiger partial charge on any atom is -0.399 e. The molecule has 0 aliphatic heterocycles. The number of benzene rings is 1. The van der Waals surface area contributed by atoms with Gasteiger partial charge in [0.2, 0.25) is 5.89 Å². The summed E-state index contributed by atoms with van der Waals surface area (Å²) in [6, 6.07) is 5.76. The maximum absolute atomic E-state index is 5.71. The van der Waals surface area contributed by atoms with Gasteiger partial charge in [-0.05, 0) is 40.0 Å². The second kappa shape index (κ2) is 6.43. The van der Waals surface area contributed by atoms with Crippen LogP contribution in [0.4, 0.5) is 5.69 Å². The van der Waals surface area contributed by atoms with Crippen molar-refractivity contribution in [2.75, 3.05) is 5.73 Å². The van der Waals surface area contributed by atoms with Crippen molar-refractivity contribution in [1.82, 2.24) is 10.1 Å². The highest BCUT2D eigenvalue weighted by Crippen LogP contribution is 2.30. The van der Waals surface area contributed by atoms with Crippen LogP contribution in [0.25, 0.3) is 0 Å². The molecule has 6 heteroatoms. The van der Waals surface area contributed by atoms with E-state index >= 15 is 0 Å². The molecular formula is C13H16BrN3OS. The summed E-state index contributed by atoms with van der Waals surface area (Å²) in [4.78, 5) is 5.49. The fourth-order valence-electron chi connectivity index (χ4n) is 1.56. The first-order valence-electron chi connectivity index (χ1n) is 6.04. The van der Waals surface area contributed by atoms with E-state index in [2.05, 4.69) is 39.9 Å². The molecule has 102 valence electrons. The van der Waals surface area contributed by atoms with E-state index in [1.54, 1.807) is 11.8 Å². The predicted octanol–water partition coefficient (Wildman–Crippen LogP) is 3.91. The molecule has 2 aromatic rings. The zero-order chi connectivity index (χ0) is 13.8. The van der Waals surface area contributed by atoms with Gasteiger partial charge in [-0.1, -0.05) is 19.0 Å². The zero-order valence-corrected chi connectivity index (χ0v) is 13.3. The highest BCUT2D eigenvalue weighted by atomic mass is 79.9. The summed E-state index contributed by atoms with van der Waals surface area (Å²) < 4.78 is 6.20. The number of nitrogen functional groups attached to an aromatic ring is 1. The number of thioether (sulfide) groups is 1. The van der Waals surface area contributed by atoms with Crippen molar-refractivity contribution in [3.05, 3.63) is 34.4 Å². The highest BCUT2D eigenvalue weighted by Gasteiger charge is 2.09. The molecular weight excluding hydrogens is 326 g/mol. The summed E-state index contributed by atoms with van der Waals surface area (Å²) in [5, 5.41) is 3.98. The summed E-state index contributed by atoms with van der Waals surface area (Å²) in [6.07, 6.45) is 0.823. The molecule has 0 spiro atoms. The van der Waals surface area contributed by atoms with Crippen molar-refractivity contribution in [2.45, 2.75) is 30.9 Å². The van der Waals surface area contributed by atoms with Gasteiger partial charge in [-0.2, -0.15) is 4.98 Å². The van der Waals surface area contributed by atoms with Crippen LogP contribution in [0, 0.1) is 5.92 Å². The van der Waals surface area contributed by atoms with Gasteiger partial charge in [0.15, 0.2) is 5.82 Å². The van der Waals surface area contributed by atoms with Crippen molar-refractivity contribution >= 4 is 33.4 Å². The van der Waals surface area contributed by atoms with Gasteiger partial charge in [0, 0.05) is 21.5 Å². The maximum atomic E-state index is 5.71. The molecule has 2 N–H and O–H groups in total. The number of nitrogens with two attached hydrogens (primary N) is 1. The van der Waals surface area contributed by atoms with Crippen molar-refractivity contribution in [2.24, 2.45) is 5.92 Å². The van der Waals surface area contributed by atoms with E-state index in [0.29, 0.717) is 17.6 Å². The Morgan fingerprint density at radius 2 is 2.21 bits per heavy atom. The summed E-state index contributed by atoms with van der Waals surface area (Å²) in [5.41, 5.74) is 6.45. The Morgan fingerprint density at radius 1 is 1.42 bits per heavy atom. The molecule has 1 aromatic heterocycles. The van der Waals surface area contributed by atoms with Gasteiger partial charge in [-0.25, -0.2) is 0 Å². The zero-order valence-electron chi connectivity index (χ0n) is 10.9. The number of rotatable bonds is 5. The Kier molecular flexibility index (Phi) is 4.87. The molecule has 1 heterocycles. The lowest BCUT2D eigenvalue weighted by atomic mass is 10.1. The number of nitrogens with zero attached hydrogens (tertiary/aromatic N) is 2. The average Bonchev–Trinajstić information content (AvgIpc) is 2.74. The number of aromatic nitrogens is 2. The first kappa shape index (κ1) is 14.4. The third-order valence-corrected chi connectivity index (χ3v) is 4.39. The molecule has 0 radical (unpaired) electrons. The molecule has 0 fully saturated rings. The van der Waals surface area contributed by atoms with Crippen molar-refractivity contribution in [1.29, 1.82) is 0 Å². The van der Waals surface area contributed by atoms with Crippen LogP contribution in [0.3, 0.4) is 0 Å². The largest absolute Gasteiger partial charge is 0.399 e. The summed E-state index contributed by atoms with van der Waals surface area (Å²) in [5.74, 6) is 2.64. The SMILES string of the molecule is CC(C)Cc1nc(CSc2ccc(N)cc2Br)no1. The van der Waals surface area contributed by atoms with Gasteiger partial charge in [0.1, 0.15) is 0 Å². The minimum atomic E-state index is 0.521. The Balaban J connectivity index is 1.96. The molecule has 0 amide bonds. The lowest BCUT2D eigenvalue weighted by Gasteiger charge is -2.03. The third-order valence-electron chi connectivity index (χ3n) is 2.41. The second-order valence-corrected chi connectivity index (χ2v) is 6.55. The van der Waals surface area contributed by atoms with Crippen LogP contribution in [-0.2, 0) is 12.2 Å². The average molecular weight is 342 g/mol. The molecule has 0 saturated carbocycles. The van der Waals surface area contributed by atoms with Gasteiger partial charge in [0.05, 0.1) is 5.75 Å². The van der Waals surface area contributed by atoms with Crippen LogP contribution < -0.4 is 5.73 Å². The van der Waals surface area contributed by atoms with E-state index in [4.69, 9.17) is 10.3 Å². The number of anilines is 1. The van der Waals surface area contributed by atoms with Crippen molar-refractivity contribution in [3.63, 3.8) is 0 Å². The van der Waals surface area contributed by atoms with Gasteiger partial charge in [-0.3, -0.25) is 0 Å². The van der Waals surface area contributed by atoms with E-state index in [1.165, 1.54) is 0 Å². The van der Waals surface area contributed by atoms with Crippen LogP contribution in [0.5, 0.6) is 0 Å². The van der Waals surface area contributed by atoms with Crippen LogP contribution in [0.2, 0.25) is 0 Å². The quantitative estimate of drug-likeness (QED) is 0.659. The summed E-state index contributed by atoms with van der Waals surface area (Å²) in [7, 11) is 0. The molecule has 0 aliphatic carbocycles. The van der Waals surface area contributed by atoms with Gasteiger partial charge in [0.25, 0.3) is 0 Å². The lowest BCUT2D eigenvalue weighted by Crippen LogP contribution is -1.94. The molecule has 4 nitrogen and oxygen atoms in total. The smallest absolute Gasteiger partial charge is 0.226 e. The molecule has 0 saturated heterocycles. The van der Waals surface area contributed by atoms with E-state index in [-0.39, 0.29) is 0 Å². The normalized spacial score (nSPS) is 11.2. The standard InChI is InChI=1S/C13H16BrN3OS/c1-8(2)5-13-16-12(17-18-13)7-19-11-4-3-9(15)6-10(11)14/h3-4,6,8H,5,7,15H2,1-2H3. The first-order valence-corrected chi connectivity index (χ1v) is 7.81. The Bertz CT molecular complexity index is 557. The Morgan fingerprint density at radius 3 is 2.89 bits per heavy atom. The number of hydrogen-bond acceptors (Lipinski definition) is 5. The summed E-state index contributed by atoms with van der Waals surface area (Å²) >= 11 is 5.15.